The Morgan fingerprint density at radius 2 is 1.44 bits per heavy atom. The minimum atomic E-state index is -4.53. The predicted molar refractivity (Wildman–Crippen MR) is 102 cm³/mol. The number of azo groups is 1. The molecule has 0 unspecified atom stereocenters. The third kappa shape index (κ3) is 3.36. The van der Waals surface area contributed by atoms with Crippen LogP contribution in [0.1, 0.15) is 16.7 Å². The first-order chi connectivity index (χ1) is 12.6. The quantitative estimate of drug-likeness (QED) is 0.439. The lowest BCUT2D eigenvalue weighted by molar-refractivity contribution is 0.468. The summed E-state index contributed by atoms with van der Waals surface area (Å²) < 4.78 is 32.6. The lowest BCUT2D eigenvalue weighted by atomic mass is 10.0. The Morgan fingerprint density at radius 3 is 2.07 bits per heavy atom. The molecule has 0 aliphatic rings. The van der Waals surface area contributed by atoms with Crippen LogP contribution < -0.4 is 0 Å². The fourth-order valence-corrected chi connectivity index (χ4v) is 3.62. The highest BCUT2D eigenvalue weighted by atomic mass is 32.2. The maximum absolute atomic E-state index is 11.6. The molecule has 3 N–H and O–H groups in total. The molecule has 0 aliphatic carbocycles. The number of hydrogen-bond acceptors (Lipinski definition) is 6. The van der Waals surface area contributed by atoms with E-state index in [-0.39, 0.29) is 22.5 Å². The molecule has 0 spiro atoms. The first kappa shape index (κ1) is 18.8. The van der Waals surface area contributed by atoms with Crippen molar-refractivity contribution in [2.75, 3.05) is 0 Å². The topological polar surface area (TPSA) is 120 Å². The van der Waals surface area contributed by atoms with E-state index in [0.29, 0.717) is 10.9 Å². The zero-order valence-electron chi connectivity index (χ0n) is 14.9. The Hall–Kier alpha value is -2.97. The third-order valence-electron chi connectivity index (χ3n) is 4.46. The van der Waals surface area contributed by atoms with Gasteiger partial charge in [0.1, 0.15) is 27.8 Å². The number of nitrogens with zero attached hydrogens (tertiary/aromatic N) is 2. The molecule has 7 nitrogen and oxygen atoms in total. The highest BCUT2D eigenvalue weighted by Gasteiger charge is 2.19. The molecule has 3 aromatic rings. The van der Waals surface area contributed by atoms with E-state index in [0.717, 1.165) is 17.2 Å². The highest BCUT2D eigenvalue weighted by Crippen LogP contribution is 2.42. The van der Waals surface area contributed by atoms with E-state index >= 15 is 0 Å². The van der Waals surface area contributed by atoms with Crippen LogP contribution in [0, 0.1) is 20.8 Å². The molecule has 8 heteroatoms. The molecule has 0 saturated heterocycles. The summed E-state index contributed by atoms with van der Waals surface area (Å²) in [4.78, 5) is -0.417. The monoisotopic (exact) mass is 386 g/mol. The van der Waals surface area contributed by atoms with E-state index in [9.17, 15) is 23.2 Å². The standard InChI is InChI=1S/C19H18N2O5S/c1-10-8-11(2)19(23)17(12(10)3)20-21-18-14-7-5-4-6-13(14)16(9-15(18)22)27(24,25)26/h4-9,22-23H,1-3H3,(H,24,25,26). The Labute approximate surface area is 156 Å². The van der Waals surface area contributed by atoms with Crippen molar-refractivity contribution >= 4 is 32.3 Å². The second-order valence-electron chi connectivity index (χ2n) is 6.30. The largest absolute Gasteiger partial charge is 0.506 e. The van der Waals surface area contributed by atoms with Crippen LogP contribution in [-0.2, 0) is 10.1 Å². The molecule has 3 rings (SSSR count). The molecule has 0 saturated carbocycles. The lowest BCUT2D eigenvalue weighted by Gasteiger charge is -2.10. The predicted octanol–water partition coefficient (Wildman–Crippen LogP) is 4.84. The Morgan fingerprint density at radius 1 is 0.852 bits per heavy atom. The van der Waals surface area contributed by atoms with Crippen molar-refractivity contribution in [2.24, 2.45) is 10.2 Å². The molecule has 0 aromatic heterocycles. The molecule has 0 radical (unpaired) electrons. The summed E-state index contributed by atoms with van der Waals surface area (Å²) in [6.07, 6.45) is 0. The maximum atomic E-state index is 11.6. The first-order valence-corrected chi connectivity index (χ1v) is 9.49. The van der Waals surface area contributed by atoms with E-state index in [1.807, 2.05) is 13.0 Å². The second kappa shape index (κ2) is 6.64. The Kier molecular flexibility index (Phi) is 4.63. The summed E-state index contributed by atoms with van der Waals surface area (Å²) in [5, 5.41) is 29.2. The van der Waals surface area contributed by atoms with Gasteiger partial charge in [-0.3, -0.25) is 4.55 Å². The summed E-state index contributed by atoms with van der Waals surface area (Å²) in [5.74, 6) is -0.466. The first-order valence-electron chi connectivity index (χ1n) is 8.05. The van der Waals surface area contributed by atoms with Gasteiger partial charge in [0.25, 0.3) is 10.1 Å². The summed E-state index contributed by atoms with van der Waals surface area (Å²) in [7, 11) is -4.53. The van der Waals surface area contributed by atoms with Crippen molar-refractivity contribution in [3.8, 4) is 11.5 Å². The molecule has 0 fully saturated rings. The summed E-state index contributed by atoms with van der Waals surface area (Å²) in [5.41, 5.74) is 2.61. The van der Waals surface area contributed by atoms with Gasteiger partial charge in [-0.25, -0.2) is 0 Å². The van der Waals surface area contributed by atoms with Crippen LogP contribution in [0.3, 0.4) is 0 Å². The SMILES string of the molecule is Cc1cc(C)c(O)c(N=Nc2c(O)cc(S(=O)(=O)O)c3ccccc23)c1C. The van der Waals surface area contributed by atoms with Crippen LogP contribution in [0.4, 0.5) is 11.4 Å². The zero-order valence-corrected chi connectivity index (χ0v) is 15.7. The van der Waals surface area contributed by atoms with Crippen LogP contribution in [0.25, 0.3) is 10.8 Å². The molecular formula is C19H18N2O5S. The summed E-state index contributed by atoms with van der Waals surface area (Å²) >= 11 is 0. The smallest absolute Gasteiger partial charge is 0.295 e. The number of hydrogen-bond donors (Lipinski definition) is 3. The van der Waals surface area contributed by atoms with Gasteiger partial charge < -0.3 is 10.2 Å². The second-order valence-corrected chi connectivity index (χ2v) is 7.69. The molecule has 0 aliphatic heterocycles. The van der Waals surface area contributed by atoms with Crippen molar-refractivity contribution in [1.29, 1.82) is 0 Å². The summed E-state index contributed by atoms with van der Waals surface area (Å²) in [6.45, 7) is 5.42. The van der Waals surface area contributed by atoms with Crippen LogP contribution >= 0.6 is 0 Å². The minimum absolute atomic E-state index is 0.0137. The molecule has 140 valence electrons. The number of phenols is 2. The molecule has 27 heavy (non-hydrogen) atoms. The van der Waals surface area contributed by atoms with Gasteiger partial charge in [-0.15, -0.1) is 10.2 Å². The van der Waals surface area contributed by atoms with Crippen LogP contribution in [0.15, 0.2) is 51.5 Å². The van der Waals surface area contributed by atoms with Crippen molar-refractivity contribution in [3.63, 3.8) is 0 Å². The van der Waals surface area contributed by atoms with Gasteiger partial charge in [-0.05, 0) is 37.5 Å². The van der Waals surface area contributed by atoms with Crippen molar-refractivity contribution in [1.82, 2.24) is 0 Å². The zero-order chi connectivity index (χ0) is 19.9. The van der Waals surface area contributed by atoms with Gasteiger partial charge in [0, 0.05) is 16.8 Å². The third-order valence-corrected chi connectivity index (χ3v) is 5.36. The van der Waals surface area contributed by atoms with Crippen molar-refractivity contribution in [2.45, 2.75) is 25.7 Å². The molecular weight excluding hydrogens is 368 g/mol. The number of benzene rings is 3. The molecule has 0 bridgehead atoms. The van der Waals surface area contributed by atoms with Crippen molar-refractivity contribution < 1.29 is 23.2 Å². The van der Waals surface area contributed by atoms with Gasteiger partial charge in [0.15, 0.2) is 0 Å². The maximum Gasteiger partial charge on any atom is 0.295 e. The van der Waals surface area contributed by atoms with Gasteiger partial charge >= 0.3 is 0 Å². The van der Waals surface area contributed by atoms with Gasteiger partial charge in [0.05, 0.1) is 0 Å². The number of aryl methyl sites for hydroxylation is 2. The van der Waals surface area contributed by atoms with Crippen LogP contribution in [0.5, 0.6) is 11.5 Å². The Bertz CT molecular complexity index is 1170. The van der Waals surface area contributed by atoms with Crippen LogP contribution in [-0.4, -0.2) is 23.2 Å². The van der Waals surface area contributed by atoms with Crippen LogP contribution in [0.2, 0.25) is 0 Å². The van der Waals surface area contributed by atoms with Gasteiger partial charge in [-0.2, -0.15) is 8.42 Å². The van der Waals surface area contributed by atoms with E-state index in [2.05, 4.69) is 10.2 Å². The fraction of sp³-hybridized carbons (Fsp3) is 0.158. The average Bonchev–Trinajstić information content (AvgIpc) is 2.60. The van der Waals surface area contributed by atoms with E-state index in [4.69, 9.17) is 0 Å². The number of rotatable bonds is 3. The minimum Gasteiger partial charge on any atom is -0.506 e. The number of aromatic hydroxyl groups is 2. The lowest BCUT2D eigenvalue weighted by Crippen LogP contribution is -1.99. The highest BCUT2D eigenvalue weighted by molar-refractivity contribution is 7.86. The van der Waals surface area contributed by atoms with E-state index in [1.54, 1.807) is 32.0 Å². The normalized spacial score (nSPS) is 12.1. The van der Waals surface area contributed by atoms with Crippen molar-refractivity contribution in [3.05, 3.63) is 53.1 Å². The number of fused-ring (bicyclic) bond motifs is 1. The molecule has 0 amide bonds. The van der Waals surface area contributed by atoms with E-state index in [1.165, 1.54) is 6.07 Å². The summed E-state index contributed by atoms with van der Waals surface area (Å²) in [6, 6.07) is 9.07. The molecule has 0 heterocycles. The molecule has 3 aromatic carbocycles. The fourth-order valence-electron chi connectivity index (χ4n) is 2.91. The van der Waals surface area contributed by atoms with Gasteiger partial charge in [0.2, 0.25) is 0 Å². The Balaban J connectivity index is 2.26. The van der Waals surface area contributed by atoms with Gasteiger partial charge in [-0.1, -0.05) is 30.3 Å². The number of phenolic OH excluding ortho intramolecular Hbond substituents is 2. The van der Waals surface area contributed by atoms with E-state index < -0.39 is 20.8 Å². The average molecular weight is 386 g/mol. The molecule has 0 atom stereocenters.